The smallest absolute Gasteiger partial charge is 0.148 e. The number of nitrogens with zero attached hydrogens (tertiary/aromatic N) is 2. The molecule has 13 heavy (non-hydrogen) atoms. The number of rotatable bonds is 1. The fourth-order valence-corrected chi connectivity index (χ4v) is 2.43. The molecule has 0 radical (unpaired) electrons. The van der Waals surface area contributed by atoms with Gasteiger partial charge >= 0.3 is 0 Å². The highest BCUT2D eigenvalue weighted by Gasteiger charge is 2.27. The van der Waals surface area contributed by atoms with E-state index in [1.54, 1.807) is 0 Å². The van der Waals surface area contributed by atoms with Crippen LogP contribution in [0.3, 0.4) is 0 Å². The average Bonchev–Trinajstić information content (AvgIpc) is 2.53. The van der Waals surface area contributed by atoms with Gasteiger partial charge in [-0.25, -0.2) is 0 Å². The molecule has 3 rings (SSSR count). The third-order valence-corrected chi connectivity index (χ3v) is 3.41. The first kappa shape index (κ1) is 7.42. The summed E-state index contributed by atoms with van der Waals surface area (Å²) in [6.45, 7) is 0. The SMILES string of the molecule is Nc1nn(C2CCC2)c2c1CCC2. The van der Waals surface area contributed by atoms with E-state index in [0.717, 1.165) is 12.2 Å². The van der Waals surface area contributed by atoms with E-state index in [1.807, 2.05) is 0 Å². The molecule has 0 aliphatic heterocycles. The first-order valence-corrected chi connectivity index (χ1v) is 5.22. The van der Waals surface area contributed by atoms with Crippen LogP contribution >= 0.6 is 0 Å². The molecule has 1 saturated carbocycles. The standard InChI is InChI=1S/C10H15N3/c11-10-8-5-2-6-9(8)13(12-10)7-3-1-4-7/h7H,1-6H2,(H2,11,12). The van der Waals surface area contributed by atoms with Gasteiger partial charge in [-0.1, -0.05) is 0 Å². The molecule has 2 aliphatic carbocycles. The van der Waals surface area contributed by atoms with Crippen molar-refractivity contribution >= 4 is 5.82 Å². The molecule has 0 aromatic carbocycles. The van der Waals surface area contributed by atoms with Crippen LogP contribution in [0, 0.1) is 0 Å². The minimum absolute atomic E-state index is 0.671. The van der Waals surface area contributed by atoms with Crippen LogP contribution < -0.4 is 5.73 Å². The fraction of sp³-hybridized carbons (Fsp3) is 0.700. The van der Waals surface area contributed by atoms with Gasteiger partial charge in [0.2, 0.25) is 0 Å². The second kappa shape index (κ2) is 2.50. The summed E-state index contributed by atoms with van der Waals surface area (Å²) >= 11 is 0. The number of hydrogen-bond donors (Lipinski definition) is 1. The Kier molecular flexibility index (Phi) is 1.43. The summed E-state index contributed by atoms with van der Waals surface area (Å²) in [6.07, 6.45) is 7.56. The number of nitrogen functional groups attached to an aromatic ring is 1. The Morgan fingerprint density at radius 1 is 1.23 bits per heavy atom. The zero-order valence-electron chi connectivity index (χ0n) is 7.79. The molecule has 3 nitrogen and oxygen atoms in total. The van der Waals surface area contributed by atoms with Gasteiger partial charge < -0.3 is 5.73 Å². The largest absolute Gasteiger partial charge is 0.382 e. The summed E-state index contributed by atoms with van der Waals surface area (Å²) < 4.78 is 2.21. The topological polar surface area (TPSA) is 43.8 Å². The van der Waals surface area contributed by atoms with Gasteiger partial charge in [-0.2, -0.15) is 5.10 Å². The van der Waals surface area contributed by atoms with Crippen molar-refractivity contribution in [3.05, 3.63) is 11.3 Å². The Hall–Kier alpha value is -0.990. The lowest BCUT2D eigenvalue weighted by atomic mass is 9.93. The summed E-state index contributed by atoms with van der Waals surface area (Å²) in [7, 11) is 0. The molecule has 0 amide bonds. The summed E-state index contributed by atoms with van der Waals surface area (Å²) in [6, 6.07) is 0.671. The van der Waals surface area contributed by atoms with E-state index in [-0.39, 0.29) is 0 Å². The molecule has 70 valence electrons. The molecule has 1 heterocycles. The average molecular weight is 177 g/mol. The molecule has 1 aromatic heterocycles. The van der Waals surface area contributed by atoms with Crippen LogP contribution in [0.5, 0.6) is 0 Å². The zero-order valence-corrected chi connectivity index (χ0v) is 7.79. The van der Waals surface area contributed by atoms with E-state index < -0.39 is 0 Å². The second-order valence-corrected chi connectivity index (χ2v) is 4.19. The van der Waals surface area contributed by atoms with E-state index in [0.29, 0.717) is 6.04 Å². The van der Waals surface area contributed by atoms with E-state index >= 15 is 0 Å². The number of aromatic nitrogens is 2. The van der Waals surface area contributed by atoms with Crippen LogP contribution in [0.15, 0.2) is 0 Å². The van der Waals surface area contributed by atoms with Gasteiger partial charge in [0.1, 0.15) is 5.82 Å². The normalized spacial score (nSPS) is 21.5. The van der Waals surface area contributed by atoms with Crippen LogP contribution in [0.1, 0.15) is 43.0 Å². The van der Waals surface area contributed by atoms with Gasteiger partial charge in [0.25, 0.3) is 0 Å². The van der Waals surface area contributed by atoms with Gasteiger partial charge in [-0.3, -0.25) is 4.68 Å². The summed E-state index contributed by atoms with van der Waals surface area (Å²) in [5.74, 6) is 0.791. The highest BCUT2D eigenvalue weighted by molar-refractivity contribution is 5.45. The maximum Gasteiger partial charge on any atom is 0.148 e. The van der Waals surface area contributed by atoms with Gasteiger partial charge in [0, 0.05) is 11.3 Å². The van der Waals surface area contributed by atoms with Gasteiger partial charge in [-0.05, 0) is 38.5 Å². The number of fused-ring (bicyclic) bond motifs is 1. The highest BCUT2D eigenvalue weighted by atomic mass is 15.3. The van der Waals surface area contributed by atoms with Crippen molar-refractivity contribution < 1.29 is 0 Å². The molecule has 1 aromatic rings. The molecule has 3 heteroatoms. The van der Waals surface area contributed by atoms with E-state index in [1.165, 1.54) is 43.4 Å². The minimum atomic E-state index is 0.671. The lowest BCUT2D eigenvalue weighted by molar-refractivity contribution is 0.283. The molecule has 0 saturated heterocycles. The molecule has 0 unspecified atom stereocenters. The highest BCUT2D eigenvalue weighted by Crippen LogP contribution is 2.36. The maximum absolute atomic E-state index is 5.88. The van der Waals surface area contributed by atoms with Crippen molar-refractivity contribution in [3.63, 3.8) is 0 Å². The van der Waals surface area contributed by atoms with Crippen LogP contribution in [0.25, 0.3) is 0 Å². The Labute approximate surface area is 77.9 Å². The zero-order chi connectivity index (χ0) is 8.84. The van der Waals surface area contributed by atoms with Gasteiger partial charge in [0.15, 0.2) is 0 Å². The fourth-order valence-electron chi connectivity index (χ4n) is 2.43. The molecule has 2 N–H and O–H groups in total. The maximum atomic E-state index is 5.88. The van der Waals surface area contributed by atoms with E-state index in [2.05, 4.69) is 9.78 Å². The third kappa shape index (κ3) is 0.929. The molecule has 0 atom stereocenters. The van der Waals surface area contributed by atoms with Crippen molar-refractivity contribution in [1.82, 2.24) is 9.78 Å². The monoisotopic (exact) mass is 177 g/mol. The molecule has 2 aliphatic rings. The summed E-state index contributed by atoms with van der Waals surface area (Å²) in [5.41, 5.74) is 8.65. The van der Waals surface area contributed by atoms with Crippen molar-refractivity contribution in [2.24, 2.45) is 0 Å². The van der Waals surface area contributed by atoms with Crippen LogP contribution in [0.2, 0.25) is 0 Å². The first-order chi connectivity index (χ1) is 6.36. The first-order valence-electron chi connectivity index (χ1n) is 5.22. The predicted molar refractivity (Wildman–Crippen MR) is 51.6 cm³/mol. The summed E-state index contributed by atoms with van der Waals surface area (Å²) in [5, 5.41) is 4.45. The number of hydrogen-bond acceptors (Lipinski definition) is 2. The lowest BCUT2D eigenvalue weighted by Crippen LogP contribution is -2.20. The third-order valence-electron chi connectivity index (χ3n) is 3.41. The quantitative estimate of drug-likeness (QED) is 0.709. The van der Waals surface area contributed by atoms with Crippen molar-refractivity contribution in [2.45, 2.75) is 44.6 Å². The van der Waals surface area contributed by atoms with Gasteiger partial charge in [0.05, 0.1) is 6.04 Å². The second-order valence-electron chi connectivity index (χ2n) is 4.19. The number of nitrogens with two attached hydrogens (primary N) is 1. The van der Waals surface area contributed by atoms with Gasteiger partial charge in [-0.15, -0.1) is 0 Å². The van der Waals surface area contributed by atoms with Crippen molar-refractivity contribution in [3.8, 4) is 0 Å². The minimum Gasteiger partial charge on any atom is -0.382 e. The molecule has 1 fully saturated rings. The Bertz CT molecular complexity index is 336. The molecular formula is C10H15N3. The lowest BCUT2D eigenvalue weighted by Gasteiger charge is -2.27. The molecular weight excluding hydrogens is 162 g/mol. The van der Waals surface area contributed by atoms with Crippen LogP contribution in [-0.4, -0.2) is 9.78 Å². The molecule has 0 bridgehead atoms. The Morgan fingerprint density at radius 3 is 2.77 bits per heavy atom. The predicted octanol–water partition coefficient (Wildman–Crippen LogP) is 1.68. The van der Waals surface area contributed by atoms with E-state index in [4.69, 9.17) is 5.73 Å². The molecule has 0 spiro atoms. The van der Waals surface area contributed by atoms with Crippen molar-refractivity contribution in [1.29, 1.82) is 0 Å². The Balaban J connectivity index is 2.04. The number of anilines is 1. The van der Waals surface area contributed by atoms with Crippen molar-refractivity contribution in [2.75, 3.05) is 5.73 Å². The summed E-state index contributed by atoms with van der Waals surface area (Å²) in [4.78, 5) is 0. The van der Waals surface area contributed by atoms with Crippen LogP contribution in [-0.2, 0) is 12.8 Å². The Morgan fingerprint density at radius 2 is 2.08 bits per heavy atom. The van der Waals surface area contributed by atoms with Crippen LogP contribution in [0.4, 0.5) is 5.82 Å². The van der Waals surface area contributed by atoms with E-state index in [9.17, 15) is 0 Å².